The van der Waals surface area contributed by atoms with E-state index < -0.39 is 0 Å². The maximum atomic E-state index is 13.3. The fraction of sp³-hybridized carbons (Fsp3) is 0.565. The molecule has 0 spiro atoms. The molecule has 7 nitrogen and oxygen atoms in total. The van der Waals surface area contributed by atoms with Gasteiger partial charge in [-0.1, -0.05) is 25.0 Å². The van der Waals surface area contributed by atoms with Gasteiger partial charge >= 0.3 is 5.69 Å². The van der Waals surface area contributed by atoms with Crippen molar-refractivity contribution in [3.63, 3.8) is 0 Å². The Labute approximate surface area is 174 Å². The maximum absolute atomic E-state index is 13.3. The van der Waals surface area contributed by atoms with E-state index in [0.29, 0.717) is 23.5 Å². The zero-order valence-corrected chi connectivity index (χ0v) is 17.2. The van der Waals surface area contributed by atoms with Crippen molar-refractivity contribution in [2.45, 2.75) is 69.9 Å². The zero-order valence-electron chi connectivity index (χ0n) is 17.2. The molecule has 0 bridgehead atoms. The molecular formula is C23H27N5O2. The number of carbonyl (C=O) groups excluding carboxylic acids is 1. The number of para-hydroxylation sites is 1. The van der Waals surface area contributed by atoms with Crippen LogP contribution in [0.4, 0.5) is 0 Å². The van der Waals surface area contributed by atoms with Crippen LogP contribution in [0.5, 0.6) is 0 Å². The number of hydrogen-bond donors (Lipinski definition) is 0. The zero-order chi connectivity index (χ0) is 20.2. The van der Waals surface area contributed by atoms with E-state index in [-0.39, 0.29) is 18.1 Å². The predicted octanol–water partition coefficient (Wildman–Crippen LogP) is 3.10. The molecule has 3 aliphatic rings. The molecule has 3 fully saturated rings. The molecule has 1 saturated heterocycles. The number of nitrogens with zero attached hydrogens (tertiary/aromatic N) is 5. The number of aromatic nitrogens is 4. The van der Waals surface area contributed by atoms with Gasteiger partial charge in [0.1, 0.15) is 12.4 Å². The van der Waals surface area contributed by atoms with Crippen molar-refractivity contribution < 1.29 is 4.79 Å². The summed E-state index contributed by atoms with van der Waals surface area (Å²) in [6, 6.07) is 8.15. The molecule has 2 saturated carbocycles. The molecule has 3 aromatic rings. The topological polar surface area (TPSA) is 72.5 Å². The maximum Gasteiger partial charge on any atom is 0.352 e. The monoisotopic (exact) mass is 405 g/mol. The Morgan fingerprint density at radius 3 is 2.70 bits per heavy atom. The minimum absolute atomic E-state index is 0.0160. The van der Waals surface area contributed by atoms with Gasteiger partial charge in [0.25, 0.3) is 0 Å². The Hall–Kier alpha value is -2.70. The first kappa shape index (κ1) is 18.1. The fourth-order valence-corrected chi connectivity index (χ4v) is 5.59. The van der Waals surface area contributed by atoms with E-state index in [2.05, 4.69) is 5.10 Å². The fourth-order valence-electron chi connectivity index (χ4n) is 5.59. The summed E-state index contributed by atoms with van der Waals surface area (Å²) >= 11 is 0. The molecular weight excluding hydrogens is 378 g/mol. The number of piperidine rings is 1. The molecule has 1 amide bonds. The van der Waals surface area contributed by atoms with Crippen LogP contribution in [-0.4, -0.2) is 42.6 Å². The van der Waals surface area contributed by atoms with Crippen LogP contribution in [0.3, 0.4) is 0 Å². The van der Waals surface area contributed by atoms with E-state index in [9.17, 15) is 9.59 Å². The summed E-state index contributed by atoms with van der Waals surface area (Å²) in [6.07, 6.45) is 9.18. The molecule has 7 heteroatoms. The summed E-state index contributed by atoms with van der Waals surface area (Å²) in [5.41, 5.74) is 1.24. The van der Waals surface area contributed by atoms with E-state index in [0.717, 1.165) is 49.0 Å². The van der Waals surface area contributed by atoms with Gasteiger partial charge in [0.15, 0.2) is 5.65 Å². The quantitative estimate of drug-likeness (QED) is 0.671. The van der Waals surface area contributed by atoms with Crippen molar-refractivity contribution >= 4 is 22.5 Å². The lowest BCUT2D eigenvalue weighted by Crippen LogP contribution is -2.51. The second-order valence-electron chi connectivity index (χ2n) is 9.20. The highest BCUT2D eigenvalue weighted by molar-refractivity contribution is 5.91. The number of fused-ring (bicyclic) bond motifs is 4. The first-order valence-corrected chi connectivity index (χ1v) is 11.4. The number of benzene rings is 1. The molecule has 6 rings (SSSR count). The summed E-state index contributed by atoms with van der Waals surface area (Å²) < 4.78 is 3.01. The van der Waals surface area contributed by atoms with Gasteiger partial charge in [-0.05, 0) is 56.6 Å². The van der Waals surface area contributed by atoms with Gasteiger partial charge in [-0.3, -0.25) is 4.79 Å². The van der Waals surface area contributed by atoms with Crippen molar-refractivity contribution in [1.82, 2.24) is 24.1 Å². The van der Waals surface area contributed by atoms with Crippen molar-refractivity contribution in [2.75, 3.05) is 6.54 Å². The summed E-state index contributed by atoms with van der Waals surface area (Å²) in [5.74, 6) is 1.76. The van der Waals surface area contributed by atoms with Crippen LogP contribution in [0.2, 0.25) is 0 Å². The van der Waals surface area contributed by atoms with Crippen LogP contribution < -0.4 is 5.69 Å². The average molecular weight is 406 g/mol. The molecule has 0 N–H and O–H groups in total. The Balaban J connectivity index is 1.39. The normalized spacial score (nSPS) is 24.3. The first-order chi connectivity index (χ1) is 14.7. The second-order valence-corrected chi connectivity index (χ2v) is 9.20. The lowest BCUT2D eigenvalue weighted by molar-refractivity contribution is -0.138. The molecule has 0 radical (unpaired) electrons. The summed E-state index contributed by atoms with van der Waals surface area (Å²) in [7, 11) is 0. The number of rotatable bonds is 3. The minimum atomic E-state index is -0.240. The first-order valence-electron chi connectivity index (χ1n) is 11.4. The lowest BCUT2D eigenvalue weighted by Gasteiger charge is -2.44. The van der Waals surface area contributed by atoms with Crippen molar-refractivity contribution in [3.05, 3.63) is 40.6 Å². The van der Waals surface area contributed by atoms with E-state index in [1.54, 1.807) is 4.40 Å². The van der Waals surface area contributed by atoms with Gasteiger partial charge in [0.2, 0.25) is 5.91 Å². The smallest absolute Gasteiger partial charge is 0.338 e. The Morgan fingerprint density at radius 1 is 1.03 bits per heavy atom. The van der Waals surface area contributed by atoms with Crippen LogP contribution in [0.1, 0.15) is 63.1 Å². The molecule has 30 heavy (non-hydrogen) atoms. The molecule has 3 heterocycles. The highest BCUT2D eigenvalue weighted by Gasteiger charge is 2.36. The molecule has 2 aliphatic carbocycles. The van der Waals surface area contributed by atoms with Gasteiger partial charge in [0.05, 0.1) is 5.52 Å². The SMILES string of the molecule is O=C(Cn1nc2c3ccccc3nc(C3CC3)n2c1=O)N1CCC[C@@H]2CCCC[C@H]21. The number of hydrogen-bond acceptors (Lipinski definition) is 4. The summed E-state index contributed by atoms with van der Waals surface area (Å²) in [5, 5.41) is 5.49. The minimum Gasteiger partial charge on any atom is -0.338 e. The van der Waals surface area contributed by atoms with E-state index in [1.807, 2.05) is 29.2 Å². The third-order valence-electron chi connectivity index (χ3n) is 7.24. The van der Waals surface area contributed by atoms with Crippen molar-refractivity contribution in [3.8, 4) is 0 Å². The largest absolute Gasteiger partial charge is 0.352 e. The average Bonchev–Trinajstić information content (AvgIpc) is 3.58. The number of likely N-dealkylation sites (tertiary alicyclic amines) is 1. The van der Waals surface area contributed by atoms with Crippen LogP contribution in [0, 0.1) is 5.92 Å². The molecule has 2 atom stereocenters. The number of carbonyl (C=O) groups is 1. The van der Waals surface area contributed by atoms with E-state index in [1.165, 1.54) is 30.4 Å². The molecule has 2 aromatic heterocycles. The standard InChI is InChI=1S/C23H27N5O2/c29-20(26-13-5-7-15-6-1-4-10-19(15)26)14-27-23(30)28-21(16-11-12-16)24-18-9-3-2-8-17(18)22(28)25-27/h2-3,8-9,15-16,19H,1,4-7,10-14H2/t15-,19+/m0/s1. The van der Waals surface area contributed by atoms with Crippen LogP contribution in [-0.2, 0) is 11.3 Å². The summed E-state index contributed by atoms with van der Waals surface area (Å²) in [6.45, 7) is 0.822. The van der Waals surface area contributed by atoms with E-state index >= 15 is 0 Å². The van der Waals surface area contributed by atoms with E-state index in [4.69, 9.17) is 4.98 Å². The van der Waals surface area contributed by atoms with Gasteiger partial charge in [-0.2, -0.15) is 0 Å². The second kappa shape index (κ2) is 6.93. The van der Waals surface area contributed by atoms with Gasteiger partial charge in [-0.25, -0.2) is 18.9 Å². The van der Waals surface area contributed by atoms with Crippen LogP contribution >= 0.6 is 0 Å². The molecule has 1 aromatic carbocycles. The Kier molecular flexibility index (Phi) is 4.18. The van der Waals surface area contributed by atoms with Gasteiger partial charge in [0, 0.05) is 23.9 Å². The molecule has 1 aliphatic heterocycles. The van der Waals surface area contributed by atoms with Crippen LogP contribution in [0.15, 0.2) is 29.1 Å². The highest BCUT2D eigenvalue weighted by Crippen LogP contribution is 2.39. The van der Waals surface area contributed by atoms with Gasteiger partial charge in [-0.15, -0.1) is 5.10 Å². The van der Waals surface area contributed by atoms with Crippen molar-refractivity contribution in [1.29, 1.82) is 0 Å². The predicted molar refractivity (Wildman–Crippen MR) is 113 cm³/mol. The van der Waals surface area contributed by atoms with Gasteiger partial charge < -0.3 is 4.90 Å². The number of amides is 1. The lowest BCUT2D eigenvalue weighted by atomic mass is 9.78. The molecule has 0 unspecified atom stereocenters. The van der Waals surface area contributed by atoms with Crippen LogP contribution in [0.25, 0.3) is 16.6 Å². The van der Waals surface area contributed by atoms with Crippen molar-refractivity contribution in [2.24, 2.45) is 5.92 Å². The Bertz CT molecular complexity index is 1190. The highest BCUT2D eigenvalue weighted by atomic mass is 16.2. The third-order valence-corrected chi connectivity index (χ3v) is 7.24. The summed E-state index contributed by atoms with van der Waals surface area (Å²) in [4.78, 5) is 33.3. The molecule has 156 valence electrons. The Morgan fingerprint density at radius 2 is 1.83 bits per heavy atom. The third kappa shape index (κ3) is 2.86.